The second kappa shape index (κ2) is 15.7. The minimum absolute atomic E-state index is 0. The van der Waals surface area contributed by atoms with Gasteiger partial charge in [-0.15, -0.1) is 35.0 Å². The van der Waals surface area contributed by atoms with Crippen LogP contribution in [-0.2, 0) is 53.3 Å². The van der Waals surface area contributed by atoms with Gasteiger partial charge in [-0.25, -0.2) is 0 Å². The number of nitrogens with zero attached hydrogens (tertiary/aromatic N) is 7. The Labute approximate surface area is 334 Å². The molecule has 0 amide bonds. The molecule has 10 rings (SSSR count). The average Bonchev–Trinajstić information content (AvgIpc) is 4.01. The summed E-state index contributed by atoms with van der Waals surface area (Å²) < 4.78 is 10.8. The molecule has 0 spiro atoms. The molecule has 0 saturated heterocycles. The van der Waals surface area contributed by atoms with Gasteiger partial charge < -0.3 is 18.5 Å². The average molecular weight is 893 g/mol. The standard InChI is InChI=1S/C24H20N3.C23H18N4.Ir/c1-25-21(17-26-15-13-19-7-2-4-11-23(19)26)9-6-10-22(25)18-27-16-14-20-8-3-5-12-24(20)27;1-17-20(15-26-22-11-4-2-7-18(22)13-24-26)9-6-10-21(17)16-27-23-12-5-3-8-19(23)14-25-27;/h2-12,15-16H,17-18H2,1H3;2-12H,15-16H2,1H3;/q-1;-2;. The van der Waals surface area contributed by atoms with Crippen molar-refractivity contribution in [1.82, 2.24) is 28.7 Å². The molecule has 1 radical (unpaired) electrons. The molecule has 55 heavy (non-hydrogen) atoms. The number of hydrogen-bond acceptors (Lipinski definition) is 2. The Morgan fingerprint density at radius 3 is 1.35 bits per heavy atom. The molecule has 7 nitrogen and oxygen atoms in total. The van der Waals surface area contributed by atoms with Gasteiger partial charge in [0.1, 0.15) is 7.05 Å². The molecule has 273 valence electrons. The third kappa shape index (κ3) is 7.27. The molecule has 0 aliphatic rings. The van der Waals surface area contributed by atoms with E-state index in [1.165, 1.54) is 39.1 Å². The summed E-state index contributed by atoms with van der Waals surface area (Å²) in [6.07, 6.45) is 10.3. The minimum atomic E-state index is 0. The Balaban J connectivity index is 0.000000153. The Bertz CT molecular complexity index is 2500. The van der Waals surface area contributed by atoms with E-state index in [9.17, 15) is 0 Å². The van der Waals surface area contributed by atoms with E-state index < -0.39 is 0 Å². The molecular weight excluding hydrogens is 855 g/mol. The summed E-state index contributed by atoms with van der Waals surface area (Å²) in [6, 6.07) is 52.8. The van der Waals surface area contributed by atoms with Gasteiger partial charge in [-0.3, -0.25) is 10.2 Å². The quantitative estimate of drug-likeness (QED) is 0.114. The van der Waals surface area contributed by atoms with Crippen LogP contribution >= 0.6 is 0 Å². The van der Waals surface area contributed by atoms with Gasteiger partial charge in [0.2, 0.25) is 0 Å². The molecule has 0 unspecified atom stereocenters. The second-order valence-corrected chi connectivity index (χ2v) is 13.7. The molecule has 0 N–H and O–H groups in total. The predicted molar refractivity (Wildman–Crippen MR) is 214 cm³/mol. The summed E-state index contributed by atoms with van der Waals surface area (Å²) in [6.45, 7) is 5.29. The van der Waals surface area contributed by atoms with Crippen molar-refractivity contribution in [2.24, 2.45) is 7.05 Å². The number of rotatable bonds is 8. The molecule has 5 heterocycles. The number of para-hydroxylation sites is 4. The first-order valence-electron chi connectivity index (χ1n) is 18.2. The van der Waals surface area contributed by atoms with Crippen LogP contribution in [0, 0.1) is 31.5 Å². The Hall–Kier alpha value is -6.08. The van der Waals surface area contributed by atoms with Crippen molar-refractivity contribution >= 4 is 43.6 Å². The maximum absolute atomic E-state index is 4.45. The van der Waals surface area contributed by atoms with Crippen LogP contribution in [0.4, 0.5) is 0 Å². The normalized spacial score (nSPS) is 11.2. The summed E-state index contributed by atoms with van der Waals surface area (Å²) in [5.74, 6) is 0. The monoisotopic (exact) mass is 893 g/mol. The van der Waals surface area contributed by atoms with Gasteiger partial charge in [-0.1, -0.05) is 90.2 Å². The Morgan fingerprint density at radius 1 is 0.473 bits per heavy atom. The smallest absolute Gasteiger partial charge is 0.200 e. The third-order valence-electron chi connectivity index (χ3n) is 10.4. The van der Waals surface area contributed by atoms with E-state index in [-0.39, 0.29) is 20.1 Å². The minimum Gasteiger partial charge on any atom is -0.402 e. The van der Waals surface area contributed by atoms with Crippen molar-refractivity contribution in [3.63, 3.8) is 0 Å². The Morgan fingerprint density at radius 2 is 0.873 bits per heavy atom. The van der Waals surface area contributed by atoms with Gasteiger partial charge in [0, 0.05) is 32.2 Å². The maximum atomic E-state index is 4.45. The molecular formula is C47H38IrN7-3. The zero-order valence-corrected chi connectivity index (χ0v) is 33.0. The fourth-order valence-corrected chi connectivity index (χ4v) is 7.30. The summed E-state index contributed by atoms with van der Waals surface area (Å²) in [4.78, 5) is 0. The van der Waals surface area contributed by atoms with E-state index in [1.54, 1.807) is 0 Å². The van der Waals surface area contributed by atoms with Gasteiger partial charge in [0.15, 0.2) is 11.4 Å². The van der Waals surface area contributed by atoms with E-state index in [1.807, 2.05) is 58.2 Å². The van der Waals surface area contributed by atoms with Crippen LogP contribution in [0.3, 0.4) is 0 Å². The largest absolute Gasteiger partial charge is 0.402 e. The van der Waals surface area contributed by atoms with Crippen molar-refractivity contribution in [2.75, 3.05) is 0 Å². The maximum Gasteiger partial charge on any atom is 0.200 e. The molecule has 0 atom stereocenters. The molecule has 0 aliphatic carbocycles. The van der Waals surface area contributed by atoms with Crippen molar-refractivity contribution in [2.45, 2.75) is 33.1 Å². The van der Waals surface area contributed by atoms with E-state index in [0.717, 1.165) is 58.8 Å². The van der Waals surface area contributed by atoms with Crippen molar-refractivity contribution in [3.05, 3.63) is 198 Å². The number of hydrogen-bond donors (Lipinski definition) is 0. The summed E-state index contributed by atoms with van der Waals surface area (Å²) in [5.41, 5.74) is 11.0. The topological polar surface area (TPSA) is 49.4 Å². The molecule has 0 fully saturated rings. The zero-order valence-electron chi connectivity index (χ0n) is 30.6. The van der Waals surface area contributed by atoms with Crippen LogP contribution in [0.25, 0.3) is 43.6 Å². The summed E-state index contributed by atoms with van der Waals surface area (Å²) in [5, 5.41) is 13.3. The van der Waals surface area contributed by atoms with Crippen molar-refractivity contribution in [3.8, 4) is 0 Å². The summed E-state index contributed by atoms with van der Waals surface area (Å²) in [7, 11) is 2.15. The molecule has 5 aromatic heterocycles. The van der Waals surface area contributed by atoms with Gasteiger partial charge in [0.05, 0.1) is 26.2 Å². The van der Waals surface area contributed by atoms with Crippen molar-refractivity contribution < 1.29 is 24.7 Å². The van der Waals surface area contributed by atoms with Crippen LogP contribution in [0.5, 0.6) is 0 Å². The van der Waals surface area contributed by atoms with Crippen LogP contribution in [0.2, 0.25) is 0 Å². The van der Waals surface area contributed by atoms with E-state index in [2.05, 4.69) is 159 Å². The molecule has 0 bridgehead atoms. The van der Waals surface area contributed by atoms with E-state index >= 15 is 0 Å². The van der Waals surface area contributed by atoms with Crippen LogP contribution in [-0.4, -0.2) is 28.7 Å². The van der Waals surface area contributed by atoms with Crippen LogP contribution in [0.15, 0.2) is 146 Å². The van der Waals surface area contributed by atoms with Gasteiger partial charge in [-0.2, -0.15) is 51.7 Å². The van der Waals surface area contributed by atoms with Crippen LogP contribution in [0.1, 0.15) is 28.1 Å². The number of fused-ring (bicyclic) bond motifs is 4. The predicted octanol–water partition coefficient (Wildman–Crippen LogP) is 8.51. The van der Waals surface area contributed by atoms with E-state index in [0.29, 0.717) is 0 Å². The van der Waals surface area contributed by atoms with Crippen molar-refractivity contribution in [1.29, 1.82) is 0 Å². The summed E-state index contributed by atoms with van der Waals surface area (Å²) >= 11 is 0. The first kappa shape index (κ1) is 35.9. The van der Waals surface area contributed by atoms with E-state index in [4.69, 9.17) is 0 Å². The first-order valence-corrected chi connectivity index (χ1v) is 18.2. The molecule has 10 aromatic rings. The third-order valence-corrected chi connectivity index (χ3v) is 10.4. The van der Waals surface area contributed by atoms with Crippen LogP contribution < -0.4 is 4.57 Å². The van der Waals surface area contributed by atoms with Gasteiger partial charge in [0.25, 0.3) is 0 Å². The fraction of sp³-hybridized carbons (Fsp3) is 0.128. The first-order chi connectivity index (χ1) is 26.6. The molecule has 8 heteroatoms. The van der Waals surface area contributed by atoms with Gasteiger partial charge in [-0.05, 0) is 53.1 Å². The second-order valence-electron chi connectivity index (χ2n) is 13.7. The molecule has 0 saturated carbocycles. The zero-order chi connectivity index (χ0) is 36.4. The Kier molecular flexibility index (Phi) is 10.3. The number of pyridine rings is 1. The molecule has 5 aromatic carbocycles. The molecule has 0 aliphatic heterocycles. The van der Waals surface area contributed by atoms with Gasteiger partial charge >= 0.3 is 0 Å². The number of aromatic nitrogens is 7. The fourth-order valence-electron chi connectivity index (χ4n) is 7.30. The SMILES string of the molecule is C[n+]1c(Cn2c[c-]c3ccccc32)cccc1Cn1c[c-]c2ccccc21.Cc1c(Cn2n[c-]c3ccccc32)cccc1Cn1n[c-]c2ccccc21.[Ir]. The number of benzene rings is 5.